The Balaban J connectivity index is 2.73. The maximum Gasteiger partial charge on any atom is 0.238 e. The molecule has 0 spiro atoms. The standard InChI is InChI=1S/C11H13Cl2NO/c1-7(12)11(15)14-8(2)9-5-3-4-6-10(9)13/h3-8H,1-2H3,(H,14,15)/t7?,8-/m0/s1. The van der Waals surface area contributed by atoms with Crippen LogP contribution in [-0.4, -0.2) is 11.3 Å². The average molecular weight is 246 g/mol. The highest BCUT2D eigenvalue weighted by molar-refractivity contribution is 6.31. The molecule has 0 aliphatic rings. The Morgan fingerprint density at radius 1 is 1.33 bits per heavy atom. The van der Waals surface area contributed by atoms with E-state index in [2.05, 4.69) is 5.32 Å². The van der Waals surface area contributed by atoms with Crippen molar-refractivity contribution in [2.75, 3.05) is 0 Å². The molecule has 1 N–H and O–H groups in total. The molecule has 0 saturated heterocycles. The van der Waals surface area contributed by atoms with Gasteiger partial charge in [-0.25, -0.2) is 0 Å². The van der Waals surface area contributed by atoms with E-state index in [1.54, 1.807) is 13.0 Å². The van der Waals surface area contributed by atoms with Gasteiger partial charge in [-0.1, -0.05) is 29.8 Å². The molecular weight excluding hydrogens is 233 g/mol. The van der Waals surface area contributed by atoms with E-state index < -0.39 is 5.38 Å². The van der Waals surface area contributed by atoms with Crippen LogP contribution in [-0.2, 0) is 4.79 Å². The molecule has 0 saturated carbocycles. The molecule has 0 aliphatic heterocycles. The Kier molecular flexibility index (Phi) is 4.43. The van der Waals surface area contributed by atoms with Crippen LogP contribution in [0.5, 0.6) is 0 Å². The predicted octanol–water partition coefficient (Wildman–Crippen LogP) is 3.14. The predicted molar refractivity (Wildman–Crippen MR) is 63.3 cm³/mol. The summed E-state index contributed by atoms with van der Waals surface area (Å²) in [7, 11) is 0. The lowest BCUT2D eigenvalue weighted by Gasteiger charge is -2.16. The summed E-state index contributed by atoms with van der Waals surface area (Å²) < 4.78 is 0. The van der Waals surface area contributed by atoms with Crippen LogP contribution in [0.4, 0.5) is 0 Å². The van der Waals surface area contributed by atoms with Crippen molar-refractivity contribution < 1.29 is 4.79 Å². The minimum Gasteiger partial charge on any atom is -0.348 e. The van der Waals surface area contributed by atoms with Crippen LogP contribution in [0.15, 0.2) is 24.3 Å². The van der Waals surface area contributed by atoms with Gasteiger partial charge in [-0.05, 0) is 25.5 Å². The number of carbonyl (C=O) groups excluding carboxylic acids is 1. The molecule has 1 amide bonds. The van der Waals surface area contributed by atoms with Crippen LogP contribution < -0.4 is 5.32 Å². The average Bonchev–Trinajstić information content (AvgIpc) is 2.18. The smallest absolute Gasteiger partial charge is 0.238 e. The van der Waals surface area contributed by atoms with Gasteiger partial charge in [0.1, 0.15) is 5.38 Å². The van der Waals surface area contributed by atoms with E-state index in [4.69, 9.17) is 23.2 Å². The van der Waals surface area contributed by atoms with E-state index in [0.29, 0.717) is 5.02 Å². The van der Waals surface area contributed by atoms with Gasteiger partial charge in [0, 0.05) is 5.02 Å². The van der Waals surface area contributed by atoms with Gasteiger partial charge < -0.3 is 5.32 Å². The number of alkyl halides is 1. The molecule has 0 heterocycles. The summed E-state index contributed by atoms with van der Waals surface area (Å²) in [5.41, 5.74) is 0.893. The first kappa shape index (κ1) is 12.3. The zero-order valence-corrected chi connectivity index (χ0v) is 10.1. The van der Waals surface area contributed by atoms with E-state index in [-0.39, 0.29) is 11.9 Å². The fraction of sp³-hybridized carbons (Fsp3) is 0.364. The summed E-state index contributed by atoms with van der Waals surface area (Å²) in [6.07, 6.45) is 0. The van der Waals surface area contributed by atoms with Gasteiger partial charge in [0.05, 0.1) is 6.04 Å². The molecule has 0 aliphatic carbocycles. The first-order valence-electron chi connectivity index (χ1n) is 4.71. The fourth-order valence-corrected chi connectivity index (χ4v) is 1.59. The summed E-state index contributed by atoms with van der Waals surface area (Å²) in [6, 6.07) is 7.28. The molecular formula is C11H13Cl2NO. The number of nitrogens with one attached hydrogen (secondary N) is 1. The first-order chi connectivity index (χ1) is 7.02. The zero-order valence-electron chi connectivity index (χ0n) is 8.63. The summed E-state index contributed by atoms with van der Waals surface area (Å²) in [5, 5.41) is 2.89. The molecule has 1 rings (SSSR count). The van der Waals surface area contributed by atoms with Crippen molar-refractivity contribution >= 4 is 29.1 Å². The third-order valence-corrected chi connectivity index (χ3v) is 2.63. The van der Waals surface area contributed by atoms with Crippen LogP contribution in [0.1, 0.15) is 25.5 Å². The maximum absolute atomic E-state index is 11.4. The number of halogens is 2. The first-order valence-corrected chi connectivity index (χ1v) is 5.52. The Morgan fingerprint density at radius 3 is 2.47 bits per heavy atom. The van der Waals surface area contributed by atoms with Crippen molar-refractivity contribution in [3.8, 4) is 0 Å². The molecule has 82 valence electrons. The quantitative estimate of drug-likeness (QED) is 0.815. The number of rotatable bonds is 3. The van der Waals surface area contributed by atoms with Crippen LogP contribution >= 0.6 is 23.2 Å². The molecule has 2 atom stereocenters. The van der Waals surface area contributed by atoms with Gasteiger partial charge in [-0.3, -0.25) is 4.79 Å². The van der Waals surface area contributed by atoms with Crippen LogP contribution in [0, 0.1) is 0 Å². The lowest BCUT2D eigenvalue weighted by molar-refractivity contribution is -0.121. The summed E-state index contributed by atoms with van der Waals surface area (Å²) in [5.74, 6) is -0.191. The number of hydrogen-bond acceptors (Lipinski definition) is 1. The highest BCUT2D eigenvalue weighted by atomic mass is 35.5. The fourth-order valence-electron chi connectivity index (χ4n) is 1.23. The molecule has 2 nitrogen and oxygen atoms in total. The van der Waals surface area contributed by atoms with E-state index in [1.807, 2.05) is 25.1 Å². The minimum absolute atomic E-state index is 0.132. The third kappa shape index (κ3) is 3.40. The molecule has 0 bridgehead atoms. The Morgan fingerprint density at radius 2 is 1.93 bits per heavy atom. The van der Waals surface area contributed by atoms with Crippen LogP contribution in [0.25, 0.3) is 0 Å². The van der Waals surface area contributed by atoms with Crippen LogP contribution in [0.3, 0.4) is 0 Å². The van der Waals surface area contributed by atoms with Gasteiger partial charge >= 0.3 is 0 Å². The molecule has 0 fully saturated rings. The lowest BCUT2D eigenvalue weighted by Crippen LogP contribution is -2.32. The van der Waals surface area contributed by atoms with Gasteiger partial charge in [0.2, 0.25) is 5.91 Å². The van der Waals surface area contributed by atoms with Gasteiger partial charge in [-0.2, -0.15) is 0 Å². The van der Waals surface area contributed by atoms with E-state index >= 15 is 0 Å². The normalized spacial score (nSPS) is 14.4. The van der Waals surface area contributed by atoms with E-state index in [1.165, 1.54) is 0 Å². The van der Waals surface area contributed by atoms with Gasteiger partial charge in [0.15, 0.2) is 0 Å². The van der Waals surface area contributed by atoms with Crippen molar-refractivity contribution in [3.05, 3.63) is 34.9 Å². The van der Waals surface area contributed by atoms with E-state index in [9.17, 15) is 4.79 Å². The molecule has 4 heteroatoms. The minimum atomic E-state index is -0.532. The van der Waals surface area contributed by atoms with Crippen molar-refractivity contribution in [2.24, 2.45) is 0 Å². The molecule has 0 radical (unpaired) electrons. The van der Waals surface area contributed by atoms with Gasteiger partial charge in [0.25, 0.3) is 0 Å². The Hall–Kier alpha value is -0.730. The second-order valence-corrected chi connectivity index (χ2v) is 4.43. The highest BCUT2D eigenvalue weighted by Crippen LogP contribution is 2.22. The number of amides is 1. The SMILES string of the molecule is CC(Cl)C(=O)N[C@@H](C)c1ccccc1Cl. The largest absolute Gasteiger partial charge is 0.348 e. The second-order valence-electron chi connectivity index (χ2n) is 3.37. The van der Waals surface area contributed by atoms with Gasteiger partial charge in [-0.15, -0.1) is 11.6 Å². The summed E-state index contributed by atoms with van der Waals surface area (Å²) >= 11 is 11.7. The lowest BCUT2D eigenvalue weighted by atomic mass is 10.1. The number of hydrogen-bond donors (Lipinski definition) is 1. The zero-order chi connectivity index (χ0) is 11.4. The number of carbonyl (C=O) groups is 1. The van der Waals surface area contributed by atoms with Crippen molar-refractivity contribution in [1.82, 2.24) is 5.32 Å². The number of benzene rings is 1. The summed E-state index contributed by atoms with van der Waals surface area (Å²) in [6.45, 7) is 3.51. The summed E-state index contributed by atoms with van der Waals surface area (Å²) in [4.78, 5) is 11.4. The molecule has 1 unspecified atom stereocenters. The third-order valence-electron chi connectivity index (χ3n) is 2.09. The van der Waals surface area contributed by atoms with E-state index in [0.717, 1.165) is 5.56 Å². The second kappa shape index (κ2) is 5.38. The van der Waals surface area contributed by atoms with Crippen molar-refractivity contribution in [3.63, 3.8) is 0 Å². The molecule has 1 aromatic rings. The monoisotopic (exact) mass is 245 g/mol. The molecule has 15 heavy (non-hydrogen) atoms. The molecule has 1 aromatic carbocycles. The maximum atomic E-state index is 11.4. The Labute approximate surface area is 99.6 Å². The van der Waals surface area contributed by atoms with Crippen molar-refractivity contribution in [2.45, 2.75) is 25.3 Å². The molecule has 0 aromatic heterocycles. The topological polar surface area (TPSA) is 29.1 Å². The van der Waals surface area contributed by atoms with Crippen molar-refractivity contribution in [1.29, 1.82) is 0 Å². The highest BCUT2D eigenvalue weighted by Gasteiger charge is 2.15. The Bertz CT molecular complexity index is 352. The van der Waals surface area contributed by atoms with Crippen LogP contribution in [0.2, 0.25) is 5.02 Å².